The summed E-state index contributed by atoms with van der Waals surface area (Å²) in [7, 11) is 0. The second-order valence-electron chi connectivity index (χ2n) is 6.54. The van der Waals surface area contributed by atoms with Crippen molar-refractivity contribution in [1.82, 2.24) is 19.2 Å². The molecule has 0 aliphatic rings. The van der Waals surface area contributed by atoms with E-state index >= 15 is 0 Å². The number of amides is 1. The van der Waals surface area contributed by atoms with E-state index in [-0.39, 0.29) is 11.6 Å². The van der Waals surface area contributed by atoms with Crippen molar-refractivity contribution in [2.75, 3.05) is 5.32 Å². The molecular formula is C20H14Cl2FN5O2. The van der Waals surface area contributed by atoms with E-state index in [0.29, 0.717) is 33.4 Å². The van der Waals surface area contributed by atoms with Crippen LogP contribution in [0.15, 0.2) is 53.3 Å². The predicted octanol–water partition coefficient (Wildman–Crippen LogP) is 3.95. The predicted molar refractivity (Wildman–Crippen MR) is 112 cm³/mol. The highest BCUT2D eigenvalue weighted by Crippen LogP contribution is 2.21. The fraction of sp³-hybridized carbons (Fsp3) is 0.100. The Morgan fingerprint density at radius 1 is 1.13 bits per heavy atom. The monoisotopic (exact) mass is 445 g/mol. The smallest absolute Gasteiger partial charge is 0.324 e. The average Bonchev–Trinajstić information content (AvgIpc) is 2.99. The molecule has 0 saturated heterocycles. The normalized spacial score (nSPS) is 11.1. The molecule has 30 heavy (non-hydrogen) atoms. The first-order valence-electron chi connectivity index (χ1n) is 8.80. The van der Waals surface area contributed by atoms with Gasteiger partial charge in [0.2, 0.25) is 5.91 Å². The van der Waals surface area contributed by atoms with Gasteiger partial charge in [-0.15, -0.1) is 5.10 Å². The molecule has 0 bridgehead atoms. The van der Waals surface area contributed by atoms with Gasteiger partial charge in [0, 0.05) is 28.0 Å². The van der Waals surface area contributed by atoms with Crippen molar-refractivity contribution in [3.63, 3.8) is 0 Å². The van der Waals surface area contributed by atoms with Gasteiger partial charge < -0.3 is 5.32 Å². The highest BCUT2D eigenvalue weighted by Gasteiger charge is 2.16. The minimum absolute atomic E-state index is 0.119. The van der Waals surface area contributed by atoms with E-state index < -0.39 is 17.4 Å². The lowest BCUT2D eigenvalue weighted by atomic mass is 10.2. The van der Waals surface area contributed by atoms with E-state index in [1.54, 1.807) is 37.3 Å². The number of hydrogen-bond donors (Lipinski definition) is 1. The van der Waals surface area contributed by atoms with Crippen molar-refractivity contribution in [3.8, 4) is 11.4 Å². The summed E-state index contributed by atoms with van der Waals surface area (Å²) in [5.41, 5.74) is 1.49. The van der Waals surface area contributed by atoms with Crippen molar-refractivity contribution < 1.29 is 9.18 Å². The van der Waals surface area contributed by atoms with E-state index in [4.69, 9.17) is 23.2 Å². The number of anilines is 1. The van der Waals surface area contributed by atoms with Gasteiger partial charge in [0.15, 0.2) is 5.65 Å². The van der Waals surface area contributed by atoms with E-state index in [1.807, 2.05) is 0 Å². The van der Waals surface area contributed by atoms with Gasteiger partial charge >= 0.3 is 5.69 Å². The molecule has 0 aliphatic heterocycles. The summed E-state index contributed by atoms with van der Waals surface area (Å²) in [4.78, 5) is 29.8. The van der Waals surface area contributed by atoms with Crippen LogP contribution in [0.2, 0.25) is 10.0 Å². The summed E-state index contributed by atoms with van der Waals surface area (Å²) in [6.07, 6.45) is 0. The molecule has 2 aromatic carbocycles. The Bertz CT molecular complexity index is 1330. The highest BCUT2D eigenvalue weighted by atomic mass is 35.5. The van der Waals surface area contributed by atoms with E-state index in [9.17, 15) is 14.0 Å². The molecule has 0 unspecified atom stereocenters. The quantitative estimate of drug-likeness (QED) is 0.515. The van der Waals surface area contributed by atoms with E-state index in [2.05, 4.69) is 15.4 Å². The topological polar surface area (TPSA) is 81.3 Å². The number of nitrogens with zero attached hydrogens (tertiary/aromatic N) is 4. The van der Waals surface area contributed by atoms with Crippen LogP contribution in [0.25, 0.3) is 17.0 Å². The van der Waals surface area contributed by atoms with Gasteiger partial charge in [-0.25, -0.2) is 23.3 Å². The number of aryl methyl sites for hydroxylation is 1. The third-order valence-electron chi connectivity index (χ3n) is 4.30. The van der Waals surface area contributed by atoms with Crippen molar-refractivity contribution >= 4 is 40.4 Å². The number of nitrogens with one attached hydrogen (secondary N) is 1. The SMILES string of the molecule is Cc1cc2nn(CC(=O)Nc3ccc(F)c(Cl)c3)c(=O)n2c(-c2ccc(Cl)cc2)n1. The number of fused-ring (bicyclic) bond motifs is 1. The Hall–Kier alpha value is -3.23. The molecule has 0 atom stereocenters. The Kier molecular flexibility index (Phi) is 5.27. The summed E-state index contributed by atoms with van der Waals surface area (Å²) >= 11 is 11.7. The van der Waals surface area contributed by atoms with Gasteiger partial charge in [-0.3, -0.25) is 4.79 Å². The third-order valence-corrected chi connectivity index (χ3v) is 4.84. The molecule has 1 amide bonds. The van der Waals surface area contributed by atoms with Crippen LogP contribution < -0.4 is 11.0 Å². The van der Waals surface area contributed by atoms with Crippen LogP contribution in [-0.2, 0) is 11.3 Å². The molecule has 0 fully saturated rings. The van der Waals surface area contributed by atoms with Gasteiger partial charge in [-0.1, -0.05) is 23.2 Å². The fourth-order valence-corrected chi connectivity index (χ4v) is 3.27. The first kappa shape index (κ1) is 20.1. The molecule has 2 aromatic heterocycles. The maximum absolute atomic E-state index is 13.3. The Morgan fingerprint density at radius 2 is 1.87 bits per heavy atom. The Balaban J connectivity index is 1.68. The standard InChI is InChI=1S/C20H14Cl2FN5O2/c1-11-8-17-26-27(10-18(29)25-14-6-7-16(23)15(22)9-14)20(30)28(17)19(24-11)12-2-4-13(21)5-3-12/h2-9H,10H2,1H3,(H,25,29). The van der Waals surface area contributed by atoms with Crippen LogP contribution in [0.3, 0.4) is 0 Å². The van der Waals surface area contributed by atoms with Crippen LogP contribution in [0, 0.1) is 12.7 Å². The van der Waals surface area contributed by atoms with Crippen molar-refractivity contribution in [3.05, 3.63) is 80.6 Å². The number of benzene rings is 2. The second-order valence-corrected chi connectivity index (χ2v) is 7.38. The van der Waals surface area contributed by atoms with Crippen LogP contribution >= 0.6 is 23.2 Å². The number of aromatic nitrogens is 4. The summed E-state index contributed by atoms with van der Waals surface area (Å²) < 4.78 is 15.6. The average molecular weight is 446 g/mol. The van der Waals surface area contributed by atoms with Crippen LogP contribution in [0.1, 0.15) is 5.69 Å². The lowest BCUT2D eigenvalue weighted by Gasteiger charge is -2.05. The summed E-state index contributed by atoms with van der Waals surface area (Å²) in [5.74, 6) is -0.714. The zero-order valence-electron chi connectivity index (χ0n) is 15.6. The number of carbonyl (C=O) groups is 1. The van der Waals surface area contributed by atoms with Gasteiger partial charge in [-0.05, 0) is 49.4 Å². The largest absolute Gasteiger partial charge is 0.352 e. The molecule has 0 spiro atoms. The zero-order chi connectivity index (χ0) is 21.4. The molecule has 1 N–H and O–H groups in total. The lowest BCUT2D eigenvalue weighted by molar-refractivity contribution is -0.117. The Morgan fingerprint density at radius 3 is 2.57 bits per heavy atom. The highest BCUT2D eigenvalue weighted by molar-refractivity contribution is 6.31. The van der Waals surface area contributed by atoms with Crippen LogP contribution in [0.4, 0.5) is 10.1 Å². The first-order chi connectivity index (χ1) is 14.3. The molecule has 10 heteroatoms. The molecule has 0 saturated carbocycles. The van der Waals surface area contributed by atoms with Gasteiger partial charge in [-0.2, -0.15) is 0 Å². The lowest BCUT2D eigenvalue weighted by Crippen LogP contribution is -2.28. The third kappa shape index (κ3) is 3.92. The minimum Gasteiger partial charge on any atom is -0.324 e. The summed E-state index contributed by atoms with van der Waals surface area (Å²) in [5, 5.41) is 7.25. The number of hydrogen-bond acceptors (Lipinski definition) is 4. The van der Waals surface area contributed by atoms with Crippen molar-refractivity contribution in [2.24, 2.45) is 0 Å². The molecule has 4 rings (SSSR count). The summed E-state index contributed by atoms with van der Waals surface area (Å²) in [6.45, 7) is 1.45. The van der Waals surface area contributed by atoms with E-state index in [1.165, 1.54) is 16.5 Å². The molecule has 0 aliphatic carbocycles. The molecule has 2 heterocycles. The van der Waals surface area contributed by atoms with Gasteiger partial charge in [0.1, 0.15) is 18.2 Å². The number of halogens is 3. The minimum atomic E-state index is -0.594. The van der Waals surface area contributed by atoms with Crippen molar-refractivity contribution in [1.29, 1.82) is 0 Å². The maximum atomic E-state index is 13.3. The number of rotatable bonds is 4. The Labute approximate surface area is 179 Å². The van der Waals surface area contributed by atoms with Crippen LogP contribution in [0.5, 0.6) is 0 Å². The van der Waals surface area contributed by atoms with E-state index in [0.717, 1.165) is 10.7 Å². The molecule has 152 valence electrons. The first-order valence-corrected chi connectivity index (χ1v) is 9.55. The fourth-order valence-electron chi connectivity index (χ4n) is 2.96. The molecular weight excluding hydrogens is 432 g/mol. The molecule has 7 nitrogen and oxygen atoms in total. The zero-order valence-corrected chi connectivity index (χ0v) is 17.1. The summed E-state index contributed by atoms with van der Waals surface area (Å²) in [6, 6.07) is 12.3. The van der Waals surface area contributed by atoms with Crippen LogP contribution in [-0.4, -0.2) is 25.1 Å². The number of carbonyl (C=O) groups excluding carboxylic acids is 1. The molecule has 0 radical (unpaired) electrons. The second kappa shape index (κ2) is 7.89. The molecule has 4 aromatic rings. The van der Waals surface area contributed by atoms with Crippen molar-refractivity contribution in [2.45, 2.75) is 13.5 Å². The van der Waals surface area contributed by atoms with Gasteiger partial charge in [0.25, 0.3) is 0 Å². The maximum Gasteiger partial charge on any atom is 0.352 e. The van der Waals surface area contributed by atoms with Gasteiger partial charge in [0.05, 0.1) is 5.02 Å².